The fraction of sp³-hybridized carbons (Fsp3) is 0.273. The number of hydrogen-bond donors (Lipinski definition) is 0. The van der Waals surface area contributed by atoms with Gasteiger partial charge in [-0.05, 0) is 56.0 Å². The summed E-state index contributed by atoms with van der Waals surface area (Å²) >= 11 is 0. The number of nitrogens with zero attached hydrogens (tertiary/aromatic N) is 2. The van der Waals surface area contributed by atoms with Gasteiger partial charge in [0, 0.05) is 6.07 Å². The van der Waals surface area contributed by atoms with E-state index < -0.39 is 0 Å². The Morgan fingerprint density at radius 3 is 2.50 bits per heavy atom. The van der Waals surface area contributed by atoms with Crippen molar-refractivity contribution in [2.45, 2.75) is 40.5 Å². The van der Waals surface area contributed by atoms with Gasteiger partial charge in [0.05, 0.1) is 16.9 Å². The molecule has 4 nitrogen and oxygen atoms in total. The molecule has 0 unspecified atom stereocenters. The van der Waals surface area contributed by atoms with Crippen molar-refractivity contribution in [1.29, 1.82) is 0 Å². The van der Waals surface area contributed by atoms with E-state index in [1.54, 1.807) is 10.7 Å². The minimum Gasteiger partial charge on any atom is -0.404 e. The Labute approximate surface area is 154 Å². The molecular weight excluding hydrogens is 324 g/mol. The van der Waals surface area contributed by atoms with E-state index in [0.29, 0.717) is 11.4 Å². The highest BCUT2D eigenvalue weighted by Crippen LogP contribution is 2.25. The molecule has 0 amide bonds. The summed E-state index contributed by atoms with van der Waals surface area (Å²) in [6, 6.07) is 15.3. The Morgan fingerprint density at radius 2 is 1.77 bits per heavy atom. The monoisotopic (exact) mass is 348 g/mol. The summed E-state index contributed by atoms with van der Waals surface area (Å²) in [6.07, 6.45) is 1.82. The maximum absolute atomic E-state index is 12.7. The summed E-state index contributed by atoms with van der Waals surface area (Å²) in [6.45, 7) is 8.13. The van der Waals surface area contributed by atoms with Crippen molar-refractivity contribution in [3.8, 4) is 11.6 Å². The van der Waals surface area contributed by atoms with Crippen LogP contribution >= 0.6 is 0 Å². The second-order valence-corrected chi connectivity index (χ2v) is 6.56. The first-order valence-corrected chi connectivity index (χ1v) is 8.94. The number of aryl methyl sites for hydroxylation is 3. The predicted molar refractivity (Wildman–Crippen MR) is 103 cm³/mol. The van der Waals surface area contributed by atoms with Crippen LogP contribution in [0.5, 0.6) is 5.88 Å². The molecule has 0 radical (unpaired) electrons. The van der Waals surface area contributed by atoms with E-state index in [1.807, 2.05) is 43.3 Å². The molecule has 1 heterocycles. The van der Waals surface area contributed by atoms with E-state index in [9.17, 15) is 4.79 Å². The number of carbonyl (C=O) groups is 1. The van der Waals surface area contributed by atoms with Crippen LogP contribution in [-0.2, 0) is 6.42 Å². The minimum absolute atomic E-state index is 0.363. The third-order valence-electron chi connectivity index (χ3n) is 4.60. The Morgan fingerprint density at radius 1 is 1.04 bits per heavy atom. The highest BCUT2D eigenvalue weighted by atomic mass is 16.5. The fourth-order valence-electron chi connectivity index (χ4n) is 2.95. The number of benzene rings is 2. The van der Waals surface area contributed by atoms with Crippen LogP contribution in [0.15, 0.2) is 48.5 Å². The lowest BCUT2D eigenvalue weighted by atomic mass is 10.1. The minimum atomic E-state index is -0.363. The van der Waals surface area contributed by atoms with Crippen LogP contribution in [0, 0.1) is 20.8 Å². The van der Waals surface area contributed by atoms with E-state index in [4.69, 9.17) is 4.74 Å². The molecule has 0 saturated heterocycles. The molecular formula is C22H24N2O2. The summed E-state index contributed by atoms with van der Waals surface area (Å²) in [4.78, 5) is 12.7. The predicted octanol–water partition coefficient (Wildman–Crippen LogP) is 4.97. The summed E-state index contributed by atoms with van der Waals surface area (Å²) < 4.78 is 7.49. The van der Waals surface area contributed by atoms with Gasteiger partial charge in [-0.1, -0.05) is 43.7 Å². The summed E-state index contributed by atoms with van der Waals surface area (Å²) in [5, 5.41) is 4.68. The molecule has 26 heavy (non-hydrogen) atoms. The van der Waals surface area contributed by atoms with Crippen molar-refractivity contribution in [3.63, 3.8) is 0 Å². The molecule has 0 atom stereocenters. The number of rotatable bonds is 5. The van der Waals surface area contributed by atoms with Gasteiger partial charge in [-0.2, -0.15) is 5.10 Å². The second-order valence-electron chi connectivity index (χ2n) is 6.56. The van der Waals surface area contributed by atoms with E-state index >= 15 is 0 Å². The molecule has 0 N–H and O–H groups in total. The van der Waals surface area contributed by atoms with Crippen molar-refractivity contribution in [2.24, 2.45) is 0 Å². The van der Waals surface area contributed by atoms with Gasteiger partial charge in [-0.25, -0.2) is 9.48 Å². The van der Waals surface area contributed by atoms with Gasteiger partial charge in [0.2, 0.25) is 5.88 Å². The number of hydrogen-bond acceptors (Lipinski definition) is 3. The van der Waals surface area contributed by atoms with Gasteiger partial charge >= 0.3 is 5.97 Å². The van der Waals surface area contributed by atoms with Gasteiger partial charge in [-0.3, -0.25) is 0 Å². The maximum atomic E-state index is 12.7. The summed E-state index contributed by atoms with van der Waals surface area (Å²) in [7, 11) is 0. The lowest BCUT2D eigenvalue weighted by molar-refractivity contribution is 0.0722. The largest absolute Gasteiger partial charge is 0.404 e. The molecule has 2 aromatic carbocycles. The number of esters is 1. The van der Waals surface area contributed by atoms with Crippen molar-refractivity contribution >= 4 is 5.97 Å². The molecule has 0 saturated carbocycles. The first-order chi connectivity index (χ1) is 12.5. The number of ether oxygens (including phenoxy) is 1. The van der Waals surface area contributed by atoms with Crippen molar-refractivity contribution < 1.29 is 9.53 Å². The highest BCUT2D eigenvalue weighted by Gasteiger charge is 2.18. The van der Waals surface area contributed by atoms with Crippen LogP contribution in [0.25, 0.3) is 5.69 Å². The molecule has 0 aliphatic heterocycles. The molecule has 0 spiro atoms. The third kappa shape index (κ3) is 3.54. The van der Waals surface area contributed by atoms with Crippen molar-refractivity contribution in [3.05, 3.63) is 76.5 Å². The van der Waals surface area contributed by atoms with Crippen LogP contribution in [0.4, 0.5) is 0 Å². The zero-order valence-corrected chi connectivity index (χ0v) is 15.7. The Bertz CT molecular complexity index is 941. The Hall–Kier alpha value is -2.88. The average Bonchev–Trinajstić information content (AvgIpc) is 3.00. The summed E-state index contributed by atoms with van der Waals surface area (Å²) in [5.41, 5.74) is 5.60. The Kier molecular flexibility index (Phi) is 5.21. The lowest BCUT2D eigenvalue weighted by Gasteiger charge is -2.12. The van der Waals surface area contributed by atoms with E-state index in [1.165, 1.54) is 5.56 Å². The quantitative estimate of drug-likeness (QED) is 0.612. The zero-order chi connectivity index (χ0) is 18.7. The molecule has 3 aromatic rings. The van der Waals surface area contributed by atoms with Gasteiger partial charge in [0.15, 0.2) is 0 Å². The zero-order valence-electron chi connectivity index (χ0n) is 15.7. The van der Waals surface area contributed by atoms with Gasteiger partial charge in [0.1, 0.15) is 0 Å². The van der Waals surface area contributed by atoms with Gasteiger partial charge in [-0.15, -0.1) is 0 Å². The first kappa shape index (κ1) is 17.9. The molecule has 1 aromatic heterocycles. The van der Waals surface area contributed by atoms with Crippen molar-refractivity contribution in [2.75, 3.05) is 0 Å². The second kappa shape index (κ2) is 7.56. The maximum Gasteiger partial charge on any atom is 0.345 e. The molecule has 3 rings (SSSR count). The van der Waals surface area contributed by atoms with Crippen LogP contribution in [0.3, 0.4) is 0 Å². The van der Waals surface area contributed by atoms with E-state index in [-0.39, 0.29) is 5.97 Å². The van der Waals surface area contributed by atoms with E-state index in [0.717, 1.165) is 35.3 Å². The summed E-state index contributed by atoms with van der Waals surface area (Å²) in [5.74, 6) is 0.0907. The van der Waals surface area contributed by atoms with Crippen molar-refractivity contribution in [1.82, 2.24) is 9.78 Å². The topological polar surface area (TPSA) is 44.1 Å². The molecule has 134 valence electrons. The molecule has 0 aliphatic rings. The van der Waals surface area contributed by atoms with Crippen LogP contribution < -0.4 is 4.74 Å². The smallest absolute Gasteiger partial charge is 0.345 e. The van der Waals surface area contributed by atoms with Gasteiger partial charge in [0.25, 0.3) is 0 Å². The number of carbonyl (C=O) groups excluding carboxylic acids is 1. The number of aromatic nitrogens is 2. The highest BCUT2D eigenvalue weighted by molar-refractivity contribution is 5.92. The average molecular weight is 348 g/mol. The SMILES string of the molecule is CCCc1cc(OC(=O)c2ccccc2C)n(-c2cccc(C)c2C)n1. The first-order valence-electron chi connectivity index (χ1n) is 8.94. The molecule has 0 aliphatic carbocycles. The molecule has 4 heteroatoms. The Balaban J connectivity index is 2.02. The standard InChI is InChI=1S/C22H24N2O2/c1-5-9-18-14-21(26-22(25)19-12-7-6-10-16(19)3)24(23-18)20-13-8-11-15(2)17(20)4/h6-8,10-14H,5,9H2,1-4H3. The van der Waals surface area contributed by atoms with Crippen LogP contribution in [0.2, 0.25) is 0 Å². The fourth-order valence-corrected chi connectivity index (χ4v) is 2.95. The van der Waals surface area contributed by atoms with E-state index in [2.05, 4.69) is 31.9 Å². The lowest BCUT2D eigenvalue weighted by Crippen LogP contribution is -2.13. The third-order valence-corrected chi connectivity index (χ3v) is 4.60. The van der Waals surface area contributed by atoms with Crippen LogP contribution in [0.1, 0.15) is 46.1 Å². The molecule has 0 fully saturated rings. The molecule has 0 bridgehead atoms. The van der Waals surface area contributed by atoms with Gasteiger partial charge < -0.3 is 4.74 Å². The normalized spacial score (nSPS) is 10.8. The van der Waals surface area contributed by atoms with Crippen LogP contribution in [-0.4, -0.2) is 15.7 Å².